The van der Waals surface area contributed by atoms with Crippen molar-refractivity contribution in [3.05, 3.63) is 29.8 Å². The molecule has 0 fully saturated rings. The molecule has 0 aliphatic carbocycles. The highest BCUT2D eigenvalue weighted by Crippen LogP contribution is 2.31. The maximum Gasteiger partial charge on any atom is 0.123 e. The number of hydrogen-bond donors (Lipinski definition) is 1. The van der Waals surface area contributed by atoms with E-state index in [4.69, 9.17) is 15.2 Å². The zero-order valence-electron chi connectivity index (χ0n) is 14.0. The minimum atomic E-state index is 0.0605. The fourth-order valence-corrected chi connectivity index (χ4v) is 2.50. The van der Waals surface area contributed by atoms with E-state index < -0.39 is 0 Å². The fourth-order valence-electron chi connectivity index (χ4n) is 2.50. The first kappa shape index (κ1) is 18.0. The number of nitrogens with two attached hydrogens (primary N) is 1. The van der Waals surface area contributed by atoms with Gasteiger partial charge in [0, 0.05) is 18.2 Å². The lowest BCUT2D eigenvalue weighted by Gasteiger charge is -2.33. The maximum absolute atomic E-state index is 6.37. The van der Waals surface area contributed by atoms with Crippen LogP contribution in [0.4, 0.5) is 0 Å². The van der Waals surface area contributed by atoms with Gasteiger partial charge in [-0.05, 0) is 33.4 Å². The van der Waals surface area contributed by atoms with Crippen LogP contribution in [0.25, 0.3) is 0 Å². The highest BCUT2D eigenvalue weighted by atomic mass is 16.5. The number of likely N-dealkylation sites (N-methyl/N-ethyl adjacent to an activating group) is 1. The molecule has 0 radical (unpaired) electrons. The summed E-state index contributed by atoms with van der Waals surface area (Å²) in [4.78, 5) is 2.26. The van der Waals surface area contributed by atoms with Crippen molar-refractivity contribution in [2.45, 2.75) is 45.4 Å². The molecule has 0 aliphatic rings. The van der Waals surface area contributed by atoms with Gasteiger partial charge >= 0.3 is 0 Å². The Morgan fingerprint density at radius 3 is 2.48 bits per heavy atom. The van der Waals surface area contributed by atoms with Crippen molar-refractivity contribution in [2.24, 2.45) is 5.73 Å². The third kappa shape index (κ3) is 5.30. The summed E-state index contributed by atoms with van der Waals surface area (Å²) >= 11 is 0. The summed E-state index contributed by atoms with van der Waals surface area (Å²) < 4.78 is 11.2. The Balaban J connectivity index is 2.89. The molecule has 0 aliphatic heterocycles. The van der Waals surface area contributed by atoms with Crippen LogP contribution in [-0.4, -0.2) is 44.4 Å². The van der Waals surface area contributed by atoms with Crippen LogP contribution in [-0.2, 0) is 4.74 Å². The predicted molar refractivity (Wildman–Crippen MR) is 87.7 cm³/mol. The number of methoxy groups -OCH3 is 1. The molecule has 120 valence electrons. The maximum atomic E-state index is 6.37. The van der Waals surface area contributed by atoms with E-state index in [1.165, 1.54) is 0 Å². The van der Waals surface area contributed by atoms with E-state index in [1.54, 1.807) is 7.11 Å². The molecule has 0 bridgehead atoms. The Morgan fingerprint density at radius 1 is 1.24 bits per heavy atom. The van der Waals surface area contributed by atoms with E-state index >= 15 is 0 Å². The predicted octanol–water partition coefficient (Wildman–Crippen LogP) is 2.83. The third-order valence-corrected chi connectivity index (χ3v) is 3.70. The molecule has 0 spiro atoms. The molecule has 0 saturated carbocycles. The van der Waals surface area contributed by atoms with Gasteiger partial charge in [0.05, 0.1) is 25.9 Å². The molecule has 0 amide bonds. The van der Waals surface area contributed by atoms with Crippen molar-refractivity contribution in [3.8, 4) is 5.75 Å². The molecule has 2 unspecified atom stereocenters. The van der Waals surface area contributed by atoms with Gasteiger partial charge in [-0.1, -0.05) is 25.1 Å². The Labute approximate surface area is 129 Å². The van der Waals surface area contributed by atoms with Crippen LogP contribution in [0.2, 0.25) is 0 Å². The van der Waals surface area contributed by atoms with Gasteiger partial charge in [0.1, 0.15) is 5.75 Å². The summed E-state index contributed by atoms with van der Waals surface area (Å²) in [5.74, 6) is 0.892. The highest BCUT2D eigenvalue weighted by Gasteiger charge is 2.25. The Morgan fingerprint density at radius 2 is 1.90 bits per heavy atom. The smallest absolute Gasteiger partial charge is 0.123 e. The quantitative estimate of drug-likeness (QED) is 0.761. The Hall–Kier alpha value is -1.10. The standard InChI is InChI=1S/C17H30N2O2/c1-6-15(18)17(19(4)11-12-21-13(2)3)14-9-7-8-10-16(14)20-5/h7-10,13,15,17H,6,11-12,18H2,1-5H3. The molecule has 0 heterocycles. The minimum Gasteiger partial charge on any atom is -0.496 e. The fraction of sp³-hybridized carbons (Fsp3) is 0.647. The minimum absolute atomic E-state index is 0.0605. The zero-order chi connectivity index (χ0) is 15.8. The first-order valence-electron chi connectivity index (χ1n) is 7.71. The van der Waals surface area contributed by atoms with Gasteiger partial charge in [-0.25, -0.2) is 0 Å². The number of rotatable bonds is 9. The molecule has 2 N–H and O–H groups in total. The normalized spacial score (nSPS) is 14.5. The van der Waals surface area contributed by atoms with Crippen molar-refractivity contribution in [1.82, 2.24) is 4.90 Å². The summed E-state index contributed by atoms with van der Waals surface area (Å²) in [5, 5.41) is 0. The van der Waals surface area contributed by atoms with E-state index in [1.807, 2.05) is 18.2 Å². The lowest BCUT2D eigenvalue weighted by Crippen LogP contribution is -2.40. The summed E-state index contributed by atoms with van der Waals surface area (Å²) in [6.45, 7) is 7.77. The number of nitrogens with zero attached hydrogens (tertiary/aromatic N) is 1. The largest absolute Gasteiger partial charge is 0.496 e. The molecule has 0 saturated heterocycles. The van der Waals surface area contributed by atoms with Gasteiger partial charge < -0.3 is 15.2 Å². The van der Waals surface area contributed by atoms with Crippen molar-refractivity contribution in [1.29, 1.82) is 0 Å². The number of ether oxygens (including phenoxy) is 2. The van der Waals surface area contributed by atoms with Crippen LogP contribution in [0.15, 0.2) is 24.3 Å². The van der Waals surface area contributed by atoms with Gasteiger partial charge in [0.25, 0.3) is 0 Å². The highest BCUT2D eigenvalue weighted by molar-refractivity contribution is 5.36. The van der Waals surface area contributed by atoms with Crippen molar-refractivity contribution >= 4 is 0 Å². The molecular weight excluding hydrogens is 264 g/mol. The zero-order valence-corrected chi connectivity index (χ0v) is 14.0. The second kappa shape index (κ2) is 9.03. The molecule has 2 atom stereocenters. The van der Waals surface area contributed by atoms with Gasteiger partial charge in [-0.15, -0.1) is 0 Å². The summed E-state index contributed by atoms with van der Waals surface area (Å²) in [6.07, 6.45) is 1.17. The molecule has 21 heavy (non-hydrogen) atoms. The van der Waals surface area contributed by atoms with Crippen LogP contribution in [0, 0.1) is 0 Å². The first-order chi connectivity index (χ1) is 10.0. The molecule has 4 heteroatoms. The van der Waals surface area contributed by atoms with E-state index in [0.717, 1.165) is 24.3 Å². The molecular formula is C17H30N2O2. The van der Waals surface area contributed by atoms with Crippen LogP contribution >= 0.6 is 0 Å². The van der Waals surface area contributed by atoms with E-state index in [0.29, 0.717) is 6.61 Å². The van der Waals surface area contributed by atoms with Crippen LogP contribution in [0.1, 0.15) is 38.8 Å². The van der Waals surface area contributed by atoms with E-state index in [9.17, 15) is 0 Å². The second-order valence-corrected chi connectivity index (χ2v) is 5.66. The van der Waals surface area contributed by atoms with E-state index in [2.05, 4.69) is 38.8 Å². The summed E-state index contributed by atoms with van der Waals surface area (Å²) in [6, 6.07) is 8.29. The van der Waals surface area contributed by atoms with Crippen molar-refractivity contribution in [3.63, 3.8) is 0 Å². The molecule has 0 aromatic heterocycles. The third-order valence-electron chi connectivity index (χ3n) is 3.70. The second-order valence-electron chi connectivity index (χ2n) is 5.66. The molecule has 1 aromatic rings. The van der Waals surface area contributed by atoms with E-state index in [-0.39, 0.29) is 18.2 Å². The Bertz CT molecular complexity index is 410. The average Bonchev–Trinajstić information content (AvgIpc) is 2.47. The number of para-hydroxylation sites is 1. The molecule has 1 rings (SSSR count). The molecule has 4 nitrogen and oxygen atoms in total. The number of hydrogen-bond acceptors (Lipinski definition) is 4. The van der Waals surface area contributed by atoms with Crippen LogP contribution < -0.4 is 10.5 Å². The summed E-state index contributed by atoms with van der Waals surface area (Å²) in [5.41, 5.74) is 7.51. The van der Waals surface area contributed by atoms with Gasteiger partial charge in [0.2, 0.25) is 0 Å². The van der Waals surface area contributed by atoms with Crippen LogP contribution in [0.5, 0.6) is 5.75 Å². The van der Waals surface area contributed by atoms with Gasteiger partial charge in [-0.2, -0.15) is 0 Å². The lowest BCUT2D eigenvalue weighted by molar-refractivity contribution is 0.0524. The van der Waals surface area contributed by atoms with Gasteiger partial charge in [0.15, 0.2) is 0 Å². The summed E-state index contributed by atoms with van der Waals surface area (Å²) in [7, 11) is 3.80. The topological polar surface area (TPSA) is 47.7 Å². The molecule has 1 aromatic carbocycles. The SMILES string of the molecule is CCC(N)C(c1ccccc1OC)N(C)CCOC(C)C. The van der Waals surface area contributed by atoms with Crippen molar-refractivity contribution in [2.75, 3.05) is 27.3 Å². The van der Waals surface area contributed by atoms with Gasteiger partial charge in [-0.3, -0.25) is 4.90 Å². The lowest BCUT2D eigenvalue weighted by atomic mass is 9.96. The first-order valence-corrected chi connectivity index (χ1v) is 7.71. The average molecular weight is 294 g/mol. The monoisotopic (exact) mass is 294 g/mol. The van der Waals surface area contributed by atoms with Crippen molar-refractivity contribution < 1.29 is 9.47 Å². The number of benzene rings is 1. The van der Waals surface area contributed by atoms with Crippen LogP contribution in [0.3, 0.4) is 0 Å². The Kier molecular flexibility index (Phi) is 7.72.